The number of pyridine rings is 1. The van der Waals surface area contributed by atoms with Gasteiger partial charge in [0.15, 0.2) is 0 Å². The van der Waals surface area contributed by atoms with Gasteiger partial charge in [0.25, 0.3) is 15.9 Å². The summed E-state index contributed by atoms with van der Waals surface area (Å²) in [4.78, 5) is 39.9. The number of anilines is 5. The highest BCUT2D eigenvalue weighted by Crippen LogP contribution is 2.54. The average molecular weight is 1080 g/mol. The molecule has 3 aromatic heterocycles. The third kappa shape index (κ3) is 10.1. The van der Waals surface area contributed by atoms with Crippen molar-refractivity contribution >= 4 is 66.4 Å². The fraction of sp³-hybridized carbons (Fsp3) is 0.450. The minimum Gasteiger partial charge on any atom is -0.497 e. The first-order valence-electron chi connectivity index (χ1n) is 27.9. The Balaban J connectivity index is 0.777. The number of hydrogen-bond donors (Lipinski definition) is 6. The molecule has 1 spiro atoms. The number of hydrogen-bond acceptors (Lipinski definition) is 14. The average Bonchev–Trinajstić information content (AvgIpc) is 4.24. The number of benzene rings is 4. The number of piperazine rings is 1. The number of nitrogen functional groups attached to an aromatic ring is 1. The van der Waals surface area contributed by atoms with Gasteiger partial charge in [0.2, 0.25) is 5.88 Å². The van der Waals surface area contributed by atoms with Crippen LogP contribution in [0.3, 0.4) is 0 Å². The minimum absolute atomic E-state index is 0.165. The molecule has 12 rings (SSSR count). The van der Waals surface area contributed by atoms with Crippen molar-refractivity contribution in [3.8, 4) is 11.6 Å². The van der Waals surface area contributed by atoms with Crippen LogP contribution in [0.4, 0.5) is 28.4 Å². The quantitative estimate of drug-likeness (QED) is 0.0561. The number of nitrogens with zero attached hydrogens (tertiary/aromatic N) is 6. The molecule has 78 heavy (non-hydrogen) atoms. The van der Waals surface area contributed by atoms with Crippen molar-refractivity contribution in [2.24, 2.45) is 11.3 Å². The number of aromatic amines is 2. The van der Waals surface area contributed by atoms with Gasteiger partial charge < -0.3 is 45.4 Å². The van der Waals surface area contributed by atoms with Crippen molar-refractivity contribution in [2.75, 3.05) is 80.4 Å². The van der Waals surface area contributed by atoms with E-state index in [9.17, 15) is 18.3 Å². The predicted octanol–water partition coefficient (Wildman–Crippen LogP) is 9.46. The van der Waals surface area contributed by atoms with Gasteiger partial charge in [0.05, 0.1) is 53.7 Å². The summed E-state index contributed by atoms with van der Waals surface area (Å²) in [5, 5.41) is 14.8. The number of aromatic nitrogens is 4. The van der Waals surface area contributed by atoms with Crippen LogP contribution in [0, 0.1) is 11.3 Å². The smallest absolute Gasteiger partial charge is 0.267 e. The summed E-state index contributed by atoms with van der Waals surface area (Å²) in [6.45, 7) is 13.5. The summed E-state index contributed by atoms with van der Waals surface area (Å²) in [7, 11) is -2.80. The predicted molar refractivity (Wildman–Crippen MR) is 306 cm³/mol. The fourth-order valence-corrected chi connectivity index (χ4v) is 14.5. The molecular formula is C60H73N11O6S. The molecule has 6 heterocycles. The molecule has 2 saturated heterocycles. The molecule has 1 atom stereocenters. The molecule has 0 radical (unpaired) electrons. The largest absolute Gasteiger partial charge is 0.497 e. The van der Waals surface area contributed by atoms with Crippen LogP contribution in [-0.2, 0) is 16.6 Å². The third-order valence-corrected chi connectivity index (χ3v) is 19.2. The van der Waals surface area contributed by atoms with E-state index in [4.69, 9.17) is 20.2 Å². The lowest BCUT2D eigenvalue weighted by Gasteiger charge is -2.58. The van der Waals surface area contributed by atoms with E-state index in [1.807, 2.05) is 42.3 Å². The van der Waals surface area contributed by atoms with Gasteiger partial charge in [-0.3, -0.25) is 14.6 Å². The van der Waals surface area contributed by atoms with Gasteiger partial charge in [-0.25, -0.2) is 18.1 Å². The van der Waals surface area contributed by atoms with E-state index in [-0.39, 0.29) is 27.1 Å². The Labute approximate surface area is 456 Å². The van der Waals surface area contributed by atoms with E-state index in [0.29, 0.717) is 90.6 Å². The number of carbonyl (C=O) groups excluding carboxylic acids is 1. The van der Waals surface area contributed by atoms with Crippen molar-refractivity contribution in [3.05, 3.63) is 120 Å². The Morgan fingerprint density at radius 3 is 2.49 bits per heavy atom. The van der Waals surface area contributed by atoms with Crippen molar-refractivity contribution in [1.82, 2.24) is 34.5 Å². The number of fused-ring (bicyclic) bond motifs is 3. The molecule has 17 nitrogen and oxygen atoms in total. The first-order valence-corrected chi connectivity index (χ1v) is 29.4. The number of carbonyl (C=O) groups is 1. The van der Waals surface area contributed by atoms with Crippen molar-refractivity contribution in [3.63, 3.8) is 0 Å². The standard InChI is InChI=1S/C60H73N11O6S/c1-38(2)45-7-5-6-8-46(45)51-36-68(35-40-9-12-44(76-4)13-10-40)25-26-70(51)43-32-60(33-43)20-23-69(24-21-60)42-11-14-47(49(30-42)71-27-28-77-58-50(71)29-41-17-22-62-56(41)66-58)57(72)67-78(74,75)52-31-48(61)53(55-54(52)64-37-65-55)63-34-39-15-18-59(3,73)19-16-39/h5-14,17,22,29-31,37-39,43,51,63,73H,15-16,18-21,23-28,32-36,61H2,1-4H3,(H,62,66)(H,64,65)(H,67,72). The van der Waals surface area contributed by atoms with Crippen molar-refractivity contribution < 1.29 is 27.8 Å². The first kappa shape index (κ1) is 51.9. The zero-order valence-corrected chi connectivity index (χ0v) is 46.0. The summed E-state index contributed by atoms with van der Waals surface area (Å²) in [6.07, 6.45) is 10.9. The molecule has 18 heteroatoms. The third-order valence-electron chi connectivity index (χ3n) is 17.9. The highest BCUT2D eigenvalue weighted by Gasteiger charge is 2.50. The van der Waals surface area contributed by atoms with Crippen LogP contribution in [0.5, 0.6) is 11.6 Å². The number of H-pyrrole nitrogens is 2. The van der Waals surface area contributed by atoms with E-state index in [0.717, 1.165) is 81.8 Å². The van der Waals surface area contributed by atoms with Crippen LogP contribution in [0.2, 0.25) is 0 Å². The van der Waals surface area contributed by atoms with Crippen molar-refractivity contribution in [1.29, 1.82) is 0 Å². The van der Waals surface area contributed by atoms with Gasteiger partial charge in [-0.2, -0.15) is 4.98 Å². The van der Waals surface area contributed by atoms with E-state index >= 15 is 0 Å². The second kappa shape index (κ2) is 20.7. The zero-order valence-electron chi connectivity index (χ0n) is 45.2. The van der Waals surface area contributed by atoms with Gasteiger partial charge in [0, 0.05) is 75.2 Å². The number of amides is 1. The SMILES string of the molecule is COc1ccc(CN2CCN(C3CC4(CCN(c5ccc(C(=O)NS(=O)(=O)c6cc(N)c(NCC7CCC(C)(O)CC7)c7[nH]cnc67)c(N6CCOc7nc8[nH]ccc8cc76)c5)CC4)C3)C(c3ccccc3C(C)C)C2)cc1. The number of methoxy groups -OCH3 is 1. The minimum atomic E-state index is -4.51. The molecule has 1 unspecified atom stereocenters. The molecule has 5 aliphatic rings. The molecule has 1 amide bonds. The monoisotopic (exact) mass is 1080 g/mol. The topological polar surface area (TPSA) is 210 Å². The van der Waals surface area contributed by atoms with E-state index in [2.05, 4.69) is 102 Å². The van der Waals surface area contributed by atoms with Crippen LogP contribution in [-0.4, -0.2) is 120 Å². The number of piperidine rings is 1. The molecule has 7 aromatic rings. The maximum atomic E-state index is 14.7. The van der Waals surface area contributed by atoms with Crippen LogP contribution in [0.1, 0.15) is 111 Å². The number of nitrogens with two attached hydrogens (primary N) is 1. The highest BCUT2D eigenvalue weighted by atomic mass is 32.2. The first-order chi connectivity index (χ1) is 37.6. The van der Waals surface area contributed by atoms with E-state index < -0.39 is 21.5 Å². The normalized spacial score (nSPS) is 22.1. The Hall–Kier alpha value is -6.86. The molecule has 410 valence electrons. The maximum absolute atomic E-state index is 14.7. The number of ether oxygens (including phenoxy) is 2. The van der Waals surface area contributed by atoms with Crippen molar-refractivity contribution in [2.45, 2.75) is 107 Å². The maximum Gasteiger partial charge on any atom is 0.267 e. The zero-order chi connectivity index (χ0) is 53.9. The summed E-state index contributed by atoms with van der Waals surface area (Å²) in [6, 6.07) is 29.4. The van der Waals surface area contributed by atoms with Crippen LogP contribution >= 0.6 is 0 Å². The molecule has 7 N–H and O–H groups in total. The molecule has 4 fully saturated rings. The van der Waals surface area contributed by atoms with E-state index in [1.54, 1.807) is 13.2 Å². The highest BCUT2D eigenvalue weighted by molar-refractivity contribution is 7.90. The summed E-state index contributed by atoms with van der Waals surface area (Å²) in [5.41, 5.74) is 14.8. The van der Waals surface area contributed by atoms with Gasteiger partial charge in [-0.05, 0) is 141 Å². The Morgan fingerprint density at radius 2 is 1.72 bits per heavy atom. The summed E-state index contributed by atoms with van der Waals surface area (Å²) in [5.74, 6) is 1.26. The molecular weight excluding hydrogens is 1000 g/mol. The molecule has 2 saturated carbocycles. The van der Waals surface area contributed by atoms with Gasteiger partial charge >= 0.3 is 0 Å². The van der Waals surface area contributed by atoms with Crippen LogP contribution in [0.25, 0.3) is 22.1 Å². The summed E-state index contributed by atoms with van der Waals surface area (Å²) >= 11 is 0. The Kier molecular flexibility index (Phi) is 13.8. The number of sulfonamides is 1. The number of aliphatic hydroxyl groups is 1. The molecule has 4 aromatic carbocycles. The lowest BCUT2D eigenvalue weighted by molar-refractivity contribution is -0.0628. The van der Waals surface area contributed by atoms with Crippen LogP contribution < -0.4 is 35.0 Å². The summed E-state index contributed by atoms with van der Waals surface area (Å²) < 4.78 is 42.9. The molecule has 3 aliphatic heterocycles. The van der Waals surface area contributed by atoms with Gasteiger partial charge in [-0.1, -0.05) is 50.2 Å². The van der Waals surface area contributed by atoms with Gasteiger partial charge in [-0.15, -0.1) is 0 Å². The number of imidazole rings is 1. The fourth-order valence-electron chi connectivity index (χ4n) is 13.3. The van der Waals surface area contributed by atoms with Gasteiger partial charge in [0.1, 0.15) is 34.1 Å². The van der Waals surface area contributed by atoms with Crippen LogP contribution in [0.15, 0.2) is 102 Å². The number of rotatable bonds is 14. The lowest BCUT2D eigenvalue weighted by atomic mass is 9.59. The second-order valence-electron chi connectivity index (χ2n) is 23.3. The Bertz CT molecular complexity index is 3440. The number of nitrogens with one attached hydrogen (secondary N) is 4. The van der Waals surface area contributed by atoms with E-state index in [1.165, 1.54) is 41.9 Å². The molecule has 0 bridgehead atoms. The second-order valence-corrected chi connectivity index (χ2v) is 25.0. The lowest BCUT2D eigenvalue weighted by Crippen LogP contribution is -2.60. The molecule has 2 aliphatic carbocycles. The Morgan fingerprint density at radius 1 is 0.936 bits per heavy atom.